The zero-order valence-corrected chi connectivity index (χ0v) is 22.7. The van der Waals surface area contributed by atoms with Crippen LogP contribution in [0.3, 0.4) is 0 Å². The molecule has 3 amide bonds. The molecule has 0 radical (unpaired) electrons. The number of urea groups is 1. The molecule has 3 atom stereocenters. The number of carbonyl (C=O) groups is 2. The van der Waals surface area contributed by atoms with Crippen molar-refractivity contribution in [2.45, 2.75) is 50.1 Å². The van der Waals surface area contributed by atoms with Gasteiger partial charge in [-0.15, -0.1) is 11.3 Å². The second kappa shape index (κ2) is 11.5. The monoisotopic (exact) mass is 538 g/mol. The molecular weight excluding hydrogens is 504 g/mol. The third kappa shape index (κ3) is 6.48. The average Bonchev–Trinajstić information content (AvgIpc) is 3.36. The molecule has 0 bridgehead atoms. The zero-order chi connectivity index (χ0) is 26.6. The maximum Gasteiger partial charge on any atom is 0.317 e. The summed E-state index contributed by atoms with van der Waals surface area (Å²) in [6.07, 6.45) is -0.457. The number of hydrogen-bond acceptors (Lipinski definition) is 7. The van der Waals surface area contributed by atoms with Crippen molar-refractivity contribution >= 4 is 39.0 Å². The van der Waals surface area contributed by atoms with Crippen molar-refractivity contribution in [1.82, 2.24) is 15.1 Å². The van der Waals surface area contributed by atoms with Gasteiger partial charge in [-0.05, 0) is 50.4 Å². The second-order valence-corrected chi connectivity index (χ2v) is 12.2. The number of aliphatic hydroxyl groups excluding tert-OH is 1. The van der Waals surface area contributed by atoms with Crippen LogP contribution in [0.1, 0.15) is 38.1 Å². The van der Waals surface area contributed by atoms with Crippen LogP contribution in [0.15, 0.2) is 39.9 Å². The van der Waals surface area contributed by atoms with Gasteiger partial charge in [0.15, 0.2) is 0 Å². The molecule has 0 saturated heterocycles. The molecule has 0 fully saturated rings. The molecule has 198 valence electrons. The van der Waals surface area contributed by atoms with Crippen LogP contribution < -0.4 is 14.8 Å². The number of thiophene rings is 1. The van der Waals surface area contributed by atoms with Crippen molar-refractivity contribution in [3.8, 4) is 5.75 Å². The standard InChI is InChI=1S/C24H34N4O6S2/c1-15(2)25-24(31)27(5)13-21-16(3)12-28(17(4)14-29)23(30)19-11-18(8-9-20(19)34-21)26-36(32,33)22-7-6-10-35-22/h6-11,15-17,21,26,29H,12-14H2,1-5H3,(H,25,31)/t16-,17+,21-/m0/s1. The van der Waals surface area contributed by atoms with Gasteiger partial charge in [0.1, 0.15) is 16.1 Å². The van der Waals surface area contributed by atoms with Crippen LogP contribution in [0, 0.1) is 5.92 Å². The molecular formula is C24H34N4O6S2. The Hall–Kier alpha value is -2.83. The topological polar surface area (TPSA) is 128 Å². The van der Waals surface area contributed by atoms with Crippen LogP contribution >= 0.6 is 11.3 Å². The second-order valence-electron chi connectivity index (χ2n) is 9.36. The van der Waals surface area contributed by atoms with Gasteiger partial charge >= 0.3 is 6.03 Å². The predicted molar refractivity (Wildman–Crippen MR) is 139 cm³/mol. The molecule has 1 aliphatic heterocycles. The molecule has 3 rings (SSSR count). The van der Waals surface area contributed by atoms with E-state index in [4.69, 9.17) is 4.74 Å². The van der Waals surface area contributed by atoms with Crippen LogP contribution in [0.2, 0.25) is 0 Å². The van der Waals surface area contributed by atoms with E-state index >= 15 is 0 Å². The number of anilines is 1. The van der Waals surface area contributed by atoms with Gasteiger partial charge in [-0.1, -0.05) is 13.0 Å². The minimum atomic E-state index is -3.81. The highest BCUT2D eigenvalue weighted by Gasteiger charge is 2.34. The molecule has 3 N–H and O–H groups in total. The molecule has 2 aromatic rings. The first-order chi connectivity index (χ1) is 16.9. The van der Waals surface area contributed by atoms with E-state index in [0.29, 0.717) is 0 Å². The highest BCUT2D eigenvalue weighted by atomic mass is 32.2. The van der Waals surface area contributed by atoms with Crippen molar-refractivity contribution in [2.24, 2.45) is 5.92 Å². The average molecular weight is 539 g/mol. The normalized spacial score (nSPS) is 19.1. The quantitative estimate of drug-likeness (QED) is 0.474. The van der Waals surface area contributed by atoms with Gasteiger partial charge in [0.05, 0.1) is 24.8 Å². The summed E-state index contributed by atoms with van der Waals surface area (Å²) in [5.74, 6) is -0.259. The number of fused-ring (bicyclic) bond motifs is 1. The van der Waals surface area contributed by atoms with Gasteiger partial charge in [0.25, 0.3) is 15.9 Å². The molecule has 0 aliphatic carbocycles. The van der Waals surface area contributed by atoms with Crippen molar-refractivity contribution in [2.75, 3.05) is 31.5 Å². The summed E-state index contributed by atoms with van der Waals surface area (Å²) in [4.78, 5) is 29.1. The summed E-state index contributed by atoms with van der Waals surface area (Å²) in [5, 5.41) is 14.3. The summed E-state index contributed by atoms with van der Waals surface area (Å²) in [5.41, 5.74) is 0.391. The van der Waals surface area contributed by atoms with Crippen molar-refractivity contribution in [3.63, 3.8) is 0 Å². The number of amides is 3. The van der Waals surface area contributed by atoms with E-state index < -0.39 is 22.2 Å². The smallest absolute Gasteiger partial charge is 0.317 e. The van der Waals surface area contributed by atoms with E-state index in [1.807, 2.05) is 20.8 Å². The largest absolute Gasteiger partial charge is 0.487 e. The minimum Gasteiger partial charge on any atom is -0.487 e. The Kier molecular flexibility index (Phi) is 8.85. The van der Waals surface area contributed by atoms with Crippen molar-refractivity contribution in [1.29, 1.82) is 0 Å². The molecule has 0 unspecified atom stereocenters. The Labute approximate surface area is 216 Å². The highest BCUT2D eigenvalue weighted by Crippen LogP contribution is 2.31. The highest BCUT2D eigenvalue weighted by molar-refractivity contribution is 7.94. The van der Waals surface area contributed by atoms with Crippen LogP contribution in [0.4, 0.5) is 10.5 Å². The number of ether oxygens (including phenoxy) is 1. The Morgan fingerprint density at radius 1 is 1.31 bits per heavy atom. The molecule has 12 heteroatoms. The predicted octanol–water partition coefficient (Wildman–Crippen LogP) is 2.82. The zero-order valence-electron chi connectivity index (χ0n) is 21.1. The molecule has 10 nitrogen and oxygen atoms in total. The lowest BCUT2D eigenvalue weighted by atomic mass is 9.99. The van der Waals surface area contributed by atoms with Gasteiger partial charge in [0, 0.05) is 31.2 Å². The lowest BCUT2D eigenvalue weighted by molar-refractivity contribution is 0.0366. The number of carbonyl (C=O) groups excluding carboxylic acids is 2. The Morgan fingerprint density at radius 2 is 2.03 bits per heavy atom. The van der Waals surface area contributed by atoms with Crippen LogP contribution in [-0.2, 0) is 10.0 Å². The maximum atomic E-state index is 13.5. The van der Waals surface area contributed by atoms with Gasteiger partial charge in [-0.3, -0.25) is 9.52 Å². The fourth-order valence-corrected chi connectivity index (χ4v) is 5.88. The lowest BCUT2D eigenvalue weighted by Crippen LogP contribution is -2.51. The third-order valence-corrected chi connectivity index (χ3v) is 8.67. The van der Waals surface area contributed by atoms with Gasteiger partial charge in [-0.25, -0.2) is 13.2 Å². The van der Waals surface area contributed by atoms with E-state index in [1.54, 1.807) is 36.4 Å². The van der Waals surface area contributed by atoms with E-state index in [-0.39, 0.29) is 64.8 Å². The third-order valence-electron chi connectivity index (χ3n) is 5.89. The fraction of sp³-hybridized carbons (Fsp3) is 0.500. The summed E-state index contributed by atoms with van der Waals surface area (Å²) in [6.45, 7) is 7.74. The number of aliphatic hydroxyl groups is 1. The number of likely N-dealkylation sites (N-methyl/N-ethyl adjacent to an activating group) is 1. The molecule has 1 aromatic heterocycles. The van der Waals surface area contributed by atoms with E-state index in [0.717, 1.165) is 11.3 Å². The van der Waals surface area contributed by atoms with Crippen molar-refractivity contribution < 1.29 is 27.9 Å². The number of benzene rings is 1. The van der Waals surface area contributed by atoms with Gasteiger partial charge in [0.2, 0.25) is 0 Å². The molecule has 2 heterocycles. The number of hydrogen-bond donors (Lipinski definition) is 3. The Morgan fingerprint density at radius 3 is 2.64 bits per heavy atom. The SMILES string of the molecule is CC(C)NC(=O)N(C)C[C@@H]1Oc2ccc(NS(=O)(=O)c3cccs3)cc2C(=O)N([C@H](C)CO)C[C@@H]1C. The number of nitrogens with one attached hydrogen (secondary N) is 2. The summed E-state index contributed by atoms with van der Waals surface area (Å²) >= 11 is 1.09. The first kappa shape index (κ1) is 27.8. The van der Waals surface area contributed by atoms with Gasteiger partial charge in [-0.2, -0.15) is 0 Å². The summed E-state index contributed by atoms with van der Waals surface area (Å²) in [7, 11) is -2.13. The van der Waals surface area contributed by atoms with Crippen LogP contribution in [0.25, 0.3) is 0 Å². The number of rotatable bonds is 8. The van der Waals surface area contributed by atoms with E-state index in [2.05, 4.69) is 10.0 Å². The molecule has 1 aliphatic rings. The number of sulfonamides is 1. The maximum absolute atomic E-state index is 13.5. The summed E-state index contributed by atoms with van der Waals surface area (Å²) in [6, 6.07) is 6.95. The minimum absolute atomic E-state index is 0.0220. The van der Waals surface area contributed by atoms with Crippen molar-refractivity contribution in [3.05, 3.63) is 41.3 Å². The lowest BCUT2D eigenvalue weighted by Gasteiger charge is -2.38. The summed E-state index contributed by atoms with van der Waals surface area (Å²) < 4.78 is 34.3. The molecule has 1 aromatic carbocycles. The molecule has 0 spiro atoms. The number of nitrogens with zero attached hydrogens (tertiary/aromatic N) is 2. The molecule has 36 heavy (non-hydrogen) atoms. The fourth-order valence-electron chi connectivity index (χ4n) is 3.84. The first-order valence-electron chi connectivity index (χ1n) is 11.7. The van der Waals surface area contributed by atoms with Crippen LogP contribution in [-0.4, -0.2) is 80.2 Å². The van der Waals surface area contributed by atoms with E-state index in [9.17, 15) is 23.1 Å². The molecule has 0 saturated carbocycles. The Bertz CT molecular complexity index is 1170. The Balaban J connectivity index is 1.95. The van der Waals surface area contributed by atoms with Crippen LogP contribution in [0.5, 0.6) is 5.75 Å². The first-order valence-corrected chi connectivity index (χ1v) is 14.1. The van der Waals surface area contributed by atoms with Gasteiger partial charge < -0.3 is 25.0 Å². The van der Waals surface area contributed by atoms with E-state index in [1.165, 1.54) is 23.1 Å².